The Balaban J connectivity index is 2.13. The van der Waals surface area contributed by atoms with E-state index in [9.17, 15) is 9.18 Å². The third-order valence-electron chi connectivity index (χ3n) is 4.59. The second-order valence-electron chi connectivity index (χ2n) is 6.16. The van der Waals surface area contributed by atoms with E-state index in [1.54, 1.807) is 12.1 Å². The minimum absolute atomic E-state index is 0.280. The summed E-state index contributed by atoms with van der Waals surface area (Å²) in [6.07, 6.45) is 7.08. The highest BCUT2D eigenvalue weighted by molar-refractivity contribution is 5.88. The van der Waals surface area contributed by atoms with Gasteiger partial charge in [0, 0.05) is 5.69 Å². The van der Waals surface area contributed by atoms with Crippen molar-refractivity contribution in [1.29, 1.82) is 0 Å². The van der Waals surface area contributed by atoms with Crippen LogP contribution in [0.3, 0.4) is 0 Å². The van der Waals surface area contributed by atoms with Gasteiger partial charge in [0.15, 0.2) is 0 Å². The molecule has 2 unspecified atom stereocenters. The van der Waals surface area contributed by atoms with Crippen LogP contribution in [0, 0.1) is 11.7 Å². The Morgan fingerprint density at radius 2 is 2.05 bits per heavy atom. The number of halogens is 1. The SMILES string of the molecule is CCCC1CCCC(Nc2ccc(F)cc2)(C(N)=O)CC1. The van der Waals surface area contributed by atoms with Gasteiger partial charge in [0.1, 0.15) is 11.4 Å². The summed E-state index contributed by atoms with van der Waals surface area (Å²) in [7, 11) is 0. The van der Waals surface area contributed by atoms with Crippen molar-refractivity contribution < 1.29 is 9.18 Å². The van der Waals surface area contributed by atoms with Gasteiger partial charge in [-0.25, -0.2) is 4.39 Å². The fourth-order valence-corrected chi connectivity index (χ4v) is 3.35. The molecule has 1 saturated carbocycles. The molecule has 116 valence electrons. The molecule has 2 rings (SSSR count). The van der Waals surface area contributed by atoms with Gasteiger partial charge in [-0.15, -0.1) is 0 Å². The maximum Gasteiger partial charge on any atom is 0.243 e. The number of primary amides is 1. The second kappa shape index (κ2) is 6.92. The number of nitrogens with one attached hydrogen (secondary N) is 1. The van der Waals surface area contributed by atoms with E-state index in [2.05, 4.69) is 12.2 Å². The third-order valence-corrected chi connectivity index (χ3v) is 4.59. The Hall–Kier alpha value is -1.58. The average molecular weight is 292 g/mol. The molecule has 1 aliphatic carbocycles. The fourth-order valence-electron chi connectivity index (χ4n) is 3.35. The lowest BCUT2D eigenvalue weighted by Gasteiger charge is -2.32. The average Bonchev–Trinajstić information content (AvgIpc) is 2.66. The highest BCUT2D eigenvalue weighted by Gasteiger charge is 2.38. The van der Waals surface area contributed by atoms with Crippen molar-refractivity contribution in [2.45, 2.75) is 57.4 Å². The van der Waals surface area contributed by atoms with Crippen molar-refractivity contribution in [1.82, 2.24) is 0 Å². The molecule has 1 amide bonds. The van der Waals surface area contributed by atoms with Crippen molar-refractivity contribution in [3.63, 3.8) is 0 Å². The van der Waals surface area contributed by atoms with Crippen LogP contribution in [0.4, 0.5) is 10.1 Å². The van der Waals surface area contributed by atoms with Crippen LogP contribution in [0.5, 0.6) is 0 Å². The van der Waals surface area contributed by atoms with Gasteiger partial charge in [0.25, 0.3) is 0 Å². The number of carbonyl (C=O) groups excluding carboxylic acids is 1. The molecule has 0 bridgehead atoms. The Morgan fingerprint density at radius 1 is 1.33 bits per heavy atom. The van der Waals surface area contributed by atoms with Gasteiger partial charge in [-0.3, -0.25) is 4.79 Å². The van der Waals surface area contributed by atoms with Crippen molar-refractivity contribution in [2.24, 2.45) is 11.7 Å². The van der Waals surface area contributed by atoms with Crippen LogP contribution in [0.1, 0.15) is 51.9 Å². The lowest BCUT2D eigenvalue weighted by Crippen LogP contribution is -2.50. The van der Waals surface area contributed by atoms with Crippen molar-refractivity contribution in [2.75, 3.05) is 5.32 Å². The summed E-state index contributed by atoms with van der Waals surface area (Å²) in [6, 6.07) is 6.12. The zero-order valence-electron chi connectivity index (χ0n) is 12.7. The van der Waals surface area contributed by atoms with Crippen LogP contribution < -0.4 is 11.1 Å². The third kappa shape index (κ3) is 3.96. The lowest BCUT2D eigenvalue weighted by molar-refractivity contribution is -0.122. The summed E-state index contributed by atoms with van der Waals surface area (Å²) in [5.74, 6) is 0.104. The Labute approximate surface area is 126 Å². The lowest BCUT2D eigenvalue weighted by atomic mass is 9.88. The van der Waals surface area contributed by atoms with Crippen molar-refractivity contribution in [3.8, 4) is 0 Å². The first-order chi connectivity index (χ1) is 10.1. The Morgan fingerprint density at radius 3 is 2.67 bits per heavy atom. The molecule has 0 spiro atoms. The van der Waals surface area contributed by atoms with Gasteiger partial charge in [-0.05, 0) is 49.4 Å². The number of anilines is 1. The van der Waals surface area contributed by atoms with Crippen molar-refractivity contribution in [3.05, 3.63) is 30.1 Å². The predicted molar refractivity (Wildman–Crippen MR) is 83.4 cm³/mol. The van der Waals surface area contributed by atoms with E-state index < -0.39 is 5.54 Å². The van der Waals surface area contributed by atoms with E-state index >= 15 is 0 Å². The number of amides is 1. The number of rotatable bonds is 5. The van der Waals surface area contributed by atoms with Crippen LogP contribution in [0.15, 0.2) is 24.3 Å². The van der Waals surface area contributed by atoms with Gasteiger partial charge in [-0.2, -0.15) is 0 Å². The van der Waals surface area contributed by atoms with E-state index in [4.69, 9.17) is 5.73 Å². The molecule has 1 aromatic carbocycles. The molecule has 1 fully saturated rings. The Kier molecular flexibility index (Phi) is 5.21. The normalized spacial score (nSPS) is 26.1. The monoisotopic (exact) mass is 292 g/mol. The molecular weight excluding hydrogens is 267 g/mol. The van der Waals surface area contributed by atoms with E-state index in [1.807, 2.05) is 0 Å². The van der Waals surface area contributed by atoms with Crippen LogP contribution in [-0.2, 0) is 4.79 Å². The number of nitrogens with two attached hydrogens (primary N) is 1. The molecule has 0 aliphatic heterocycles. The number of hydrogen-bond donors (Lipinski definition) is 2. The van der Waals surface area contributed by atoms with E-state index in [0.717, 1.165) is 37.8 Å². The summed E-state index contributed by atoms with van der Waals surface area (Å²) in [5, 5.41) is 3.28. The maximum absolute atomic E-state index is 13.0. The van der Waals surface area contributed by atoms with Crippen LogP contribution in [0.25, 0.3) is 0 Å². The first kappa shape index (κ1) is 15.8. The maximum atomic E-state index is 13.0. The van der Waals surface area contributed by atoms with Crippen LogP contribution in [0.2, 0.25) is 0 Å². The predicted octanol–water partition coefficient (Wildman–Crippen LogP) is 3.84. The van der Waals surface area contributed by atoms with Gasteiger partial charge in [0.05, 0.1) is 0 Å². The van der Waals surface area contributed by atoms with Gasteiger partial charge in [-0.1, -0.05) is 32.6 Å². The molecule has 0 radical (unpaired) electrons. The van der Waals surface area contributed by atoms with Crippen LogP contribution >= 0.6 is 0 Å². The van der Waals surface area contributed by atoms with Crippen molar-refractivity contribution >= 4 is 11.6 Å². The molecule has 3 N–H and O–H groups in total. The quantitative estimate of drug-likeness (QED) is 0.810. The van der Waals surface area contributed by atoms with Gasteiger partial charge >= 0.3 is 0 Å². The highest BCUT2D eigenvalue weighted by Crippen LogP contribution is 2.35. The van der Waals surface area contributed by atoms with E-state index in [1.165, 1.54) is 25.0 Å². The summed E-state index contributed by atoms with van der Waals surface area (Å²) >= 11 is 0. The first-order valence-electron chi connectivity index (χ1n) is 7.89. The summed E-state index contributed by atoms with van der Waals surface area (Å²) in [4.78, 5) is 12.1. The molecule has 1 aromatic rings. The number of carbonyl (C=O) groups is 1. The van der Waals surface area contributed by atoms with E-state index in [-0.39, 0.29) is 11.7 Å². The molecule has 0 heterocycles. The number of benzene rings is 1. The molecule has 0 aromatic heterocycles. The Bertz CT molecular complexity index is 474. The molecule has 4 heteroatoms. The molecule has 3 nitrogen and oxygen atoms in total. The first-order valence-corrected chi connectivity index (χ1v) is 7.89. The standard InChI is InChI=1S/C17H25FN2O/c1-2-4-13-5-3-11-17(12-10-13,16(19)21)20-15-8-6-14(18)7-9-15/h6-9,13,20H,2-5,10-12H2,1H3,(H2,19,21). The molecule has 2 atom stereocenters. The zero-order chi connectivity index (χ0) is 15.3. The van der Waals surface area contributed by atoms with E-state index in [0.29, 0.717) is 5.92 Å². The fraction of sp³-hybridized carbons (Fsp3) is 0.588. The largest absolute Gasteiger partial charge is 0.371 e. The zero-order valence-corrected chi connectivity index (χ0v) is 12.7. The molecule has 1 aliphatic rings. The smallest absolute Gasteiger partial charge is 0.243 e. The summed E-state index contributed by atoms with van der Waals surface area (Å²) in [6.45, 7) is 2.20. The highest BCUT2D eigenvalue weighted by atomic mass is 19.1. The minimum atomic E-state index is -0.694. The van der Waals surface area contributed by atoms with Gasteiger partial charge in [0.2, 0.25) is 5.91 Å². The summed E-state index contributed by atoms with van der Waals surface area (Å²) in [5.41, 5.74) is 5.75. The van der Waals surface area contributed by atoms with Gasteiger partial charge < -0.3 is 11.1 Å². The minimum Gasteiger partial charge on any atom is -0.371 e. The topological polar surface area (TPSA) is 55.1 Å². The molecular formula is C17H25FN2O. The summed E-state index contributed by atoms with van der Waals surface area (Å²) < 4.78 is 13.0. The second-order valence-corrected chi connectivity index (χ2v) is 6.16. The van der Waals surface area contributed by atoms with Crippen LogP contribution in [-0.4, -0.2) is 11.4 Å². The number of hydrogen-bond acceptors (Lipinski definition) is 2. The molecule has 21 heavy (non-hydrogen) atoms. The molecule has 0 saturated heterocycles.